The summed E-state index contributed by atoms with van der Waals surface area (Å²) in [5.74, 6) is 0.0665. The van der Waals surface area contributed by atoms with Crippen molar-refractivity contribution in [2.75, 3.05) is 0 Å². The molecule has 1 aliphatic rings. The summed E-state index contributed by atoms with van der Waals surface area (Å²) in [5.41, 5.74) is 1.17. The fraction of sp³-hybridized carbons (Fsp3) is 0.200. The maximum Gasteiger partial charge on any atom is 0.128 e. The van der Waals surface area contributed by atoms with Crippen LogP contribution in [0.4, 0.5) is 4.39 Å². The van der Waals surface area contributed by atoms with Crippen LogP contribution >= 0.6 is 23.2 Å². The molecule has 2 aromatic carbocycles. The minimum absolute atomic E-state index is 0.302. The van der Waals surface area contributed by atoms with Crippen LogP contribution < -0.4 is 4.74 Å². The maximum absolute atomic E-state index is 13.2. The second-order valence-corrected chi connectivity index (χ2v) is 5.47. The molecule has 1 unspecified atom stereocenters. The zero-order valence-electron chi connectivity index (χ0n) is 10.3. The minimum Gasteiger partial charge on any atom is -0.485 e. The average molecular weight is 313 g/mol. The molecule has 0 radical (unpaired) electrons. The Morgan fingerprint density at radius 1 is 1.15 bits per heavy atom. The lowest BCUT2D eigenvalue weighted by Gasteiger charge is -2.30. The van der Waals surface area contributed by atoms with E-state index in [4.69, 9.17) is 27.9 Å². The largest absolute Gasteiger partial charge is 0.485 e. The van der Waals surface area contributed by atoms with E-state index in [1.165, 1.54) is 18.2 Å². The third-order valence-corrected chi connectivity index (χ3v) is 4.20. The molecule has 0 aliphatic carbocycles. The lowest BCUT2D eigenvalue weighted by Crippen LogP contribution is -2.19. The Kier molecular flexibility index (Phi) is 3.59. The van der Waals surface area contributed by atoms with E-state index in [2.05, 4.69) is 0 Å². The van der Waals surface area contributed by atoms with Crippen LogP contribution in [0.3, 0.4) is 0 Å². The standard InChI is InChI=1S/C15H11Cl2FO2/c16-11-3-1-2-9(15(11)17)14-7-12(19)10-6-8(18)4-5-13(10)20-14/h1-6,12,14,19H,7H2/t12-,14?/m0/s1. The molecule has 0 saturated carbocycles. The molecular weight excluding hydrogens is 302 g/mol. The molecule has 3 rings (SSSR count). The van der Waals surface area contributed by atoms with E-state index in [1.807, 2.05) is 0 Å². The SMILES string of the molecule is O[C@H]1CC(c2cccc(Cl)c2Cl)Oc2ccc(F)cc21. The minimum atomic E-state index is -0.797. The van der Waals surface area contributed by atoms with Gasteiger partial charge in [0.25, 0.3) is 0 Å². The Morgan fingerprint density at radius 2 is 1.95 bits per heavy atom. The van der Waals surface area contributed by atoms with Crippen LogP contribution in [0.15, 0.2) is 36.4 Å². The molecule has 1 aliphatic heterocycles. The summed E-state index contributed by atoms with van der Waals surface area (Å²) in [6.45, 7) is 0. The van der Waals surface area contributed by atoms with Crippen LogP contribution in [-0.4, -0.2) is 5.11 Å². The summed E-state index contributed by atoms with van der Waals surface area (Å²) in [6, 6.07) is 9.37. The van der Waals surface area contributed by atoms with E-state index in [0.717, 1.165) is 0 Å². The van der Waals surface area contributed by atoms with Crippen molar-refractivity contribution < 1.29 is 14.2 Å². The zero-order valence-corrected chi connectivity index (χ0v) is 11.8. The lowest BCUT2D eigenvalue weighted by molar-refractivity contribution is 0.0654. The highest BCUT2D eigenvalue weighted by molar-refractivity contribution is 6.42. The van der Waals surface area contributed by atoms with E-state index < -0.39 is 18.0 Å². The van der Waals surface area contributed by atoms with Gasteiger partial charge in [-0.1, -0.05) is 35.3 Å². The second-order valence-electron chi connectivity index (χ2n) is 4.68. The Hall–Kier alpha value is -1.29. The van der Waals surface area contributed by atoms with E-state index >= 15 is 0 Å². The fourth-order valence-electron chi connectivity index (χ4n) is 2.38. The third-order valence-electron chi connectivity index (χ3n) is 3.37. The number of aliphatic hydroxyl groups excluding tert-OH is 1. The predicted octanol–water partition coefficient (Wildman–Crippen LogP) is 4.69. The van der Waals surface area contributed by atoms with Crippen molar-refractivity contribution >= 4 is 23.2 Å². The van der Waals surface area contributed by atoms with E-state index in [-0.39, 0.29) is 0 Å². The smallest absolute Gasteiger partial charge is 0.128 e. The Labute approximate surface area is 125 Å². The zero-order chi connectivity index (χ0) is 14.3. The van der Waals surface area contributed by atoms with E-state index in [0.29, 0.717) is 33.3 Å². The van der Waals surface area contributed by atoms with Crippen molar-refractivity contribution in [1.29, 1.82) is 0 Å². The molecule has 20 heavy (non-hydrogen) atoms. The molecule has 0 bridgehead atoms. The van der Waals surface area contributed by atoms with Crippen LogP contribution in [0.25, 0.3) is 0 Å². The molecule has 5 heteroatoms. The molecule has 0 amide bonds. The van der Waals surface area contributed by atoms with Gasteiger partial charge in [-0.3, -0.25) is 0 Å². The van der Waals surface area contributed by atoms with Crippen molar-refractivity contribution in [2.45, 2.75) is 18.6 Å². The number of rotatable bonds is 1. The van der Waals surface area contributed by atoms with Crippen molar-refractivity contribution in [2.24, 2.45) is 0 Å². The van der Waals surface area contributed by atoms with Crippen LogP contribution in [0.1, 0.15) is 29.8 Å². The van der Waals surface area contributed by atoms with Gasteiger partial charge in [0, 0.05) is 17.5 Å². The average Bonchev–Trinajstić information content (AvgIpc) is 2.42. The number of hydrogen-bond donors (Lipinski definition) is 1. The molecule has 2 atom stereocenters. The molecule has 1 heterocycles. The van der Waals surface area contributed by atoms with E-state index in [9.17, 15) is 9.50 Å². The van der Waals surface area contributed by atoms with Crippen LogP contribution in [-0.2, 0) is 0 Å². The summed E-state index contributed by atoms with van der Waals surface area (Å²) >= 11 is 12.2. The monoisotopic (exact) mass is 312 g/mol. The third kappa shape index (κ3) is 2.37. The molecule has 0 spiro atoms. The number of hydrogen-bond acceptors (Lipinski definition) is 2. The lowest BCUT2D eigenvalue weighted by atomic mass is 9.95. The number of aliphatic hydroxyl groups is 1. The van der Waals surface area contributed by atoms with Gasteiger partial charge < -0.3 is 9.84 Å². The van der Waals surface area contributed by atoms with Crippen molar-refractivity contribution in [3.8, 4) is 5.75 Å². The highest BCUT2D eigenvalue weighted by Gasteiger charge is 2.29. The van der Waals surface area contributed by atoms with Crippen molar-refractivity contribution in [3.05, 3.63) is 63.4 Å². The summed E-state index contributed by atoms with van der Waals surface area (Å²) in [4.78, 5) is 0. The van der Waals surface area contributed by atoms with Crippen LogP contribution in [0.2, 0.25) is 10.0 Å². The van der Waals surface area contributed by atoms with E-state index in [1.54, 1.807) is 18.2 Å². The molecule has 1 N–H and O–H groups in total. The predicted molar refractivity (Wildman–Crippen MR) is 75.8 cm³/mol. The first-order valence-electron chi connectivity index (χ1n) is 6.14. The number of ether oxygens (including phenoxy) is 1. The molecule has 2 aromatic rings. The van der Waals surface area contributed by atoms with Crippen molar-refractivity contribution in [1.82, 2.24) is 0 Å². The summed E-state index contributed by atoms with van der Waals surface area (Å²) < 4.78 is 19.0. The second kappa shape index (κ2) is 5.24. The summed E-state index contributed by atoms with van der Waals surface area (Å²) in [5, 5.41) is 11.0. The van der Waals surface area contributed by atoms with Gasteiger partial charge in [-0.15, -0.1) is 0 Å². The maximum atomic E-state index is 13.2. The quantitative estimate of drug-likeness (QED) is 0.827. The van der Waals surface area contributed by atoms with Gasteiger partial charge in [0.2, 0.25) is 0 Å². The number of benzene rings is 2. The van der Waals surface area contributed by atoms with Crippen LogP contribution in [0, 0.1) is 5.82 Å². The Bertz CT molecular complexity index is 660. The fourth-order valence-corrected chi connectivity index (χ4v) is 2.81. The van der Waals surface area contributed by atoms with Gasteiger partial charge in [-0.05, 0) is 24.3 Å². The normalized spacial score (nSPS) is 21.2. The Balaban J connectivity index is 1.99. The first kappa shape index (κ1) is 13.7. The van der Waals surface area contributed by atoms with Gasteiger partial charge in [-0.25, -0.2) is 4.39 Å². The molecule has 2 nitrogen and oxygen atoms in total. The molecule has 104 valence electrons. The molecule has 0 aromatic heterocycles. The topological polar surface area (TPSA) is 29.5 Å². The summed E-state index contributed by atoms with van der Waals surface area (Å²) in [7, 11) is 0. The first-order valence-corrected chi connectivity index (χ1v) is 6.90. The number of halogens is 3. The van der Waals surface area contributed by atoms with Gasteiger partial charge in [0.05, 0.1) is 16.1 Å². The van der Waals surface area contributed by atoms with Gasteiger partial charge in [0.15, 0.2) is 0 Å². The van der Waals surface area contributed by atoms with Crippen molar-refractivity contribution in [3.63, 3.8) is 0 Å². The van der Waals surface area contributed by atoms with Gasteiger partial charge >= 0.3 is 0 Å². The number of fused-ring (bicyclic) bond motifs is 1. The summed E-state index contributed by atoms with van der Waals surface area (Å²) in [6.07, 6.45) is -0.903. The highest BCUT2D eigenvalue weighted by Crippen LogP contribution is 2.43. The molecule has 0 saturated heterocycles. The van der Waals surface area contributed by atoms with Crippen LogP contribution in [0.5, 0.6) is 5.75 Å². The van der Waals surface area contributed by atoms with Gasteiger partial charge in [-0.2, -0.15) is 0 Å². The van der Waals surface area contributed by atoms with Gasteiger partial charge in [0.1, 0.15) is 17.7 Å². The molecule has 0 fully saturated rings. The Morgan fingerprint density at radius 3 is 2.75 bits per heavy atom. The first-order chi connectivity index (χ1) is 9.56. The molecular formula is C15H11Cl2FO2. The highest BCUT2D eigenvalue weighted by atomic mass is 35.5.